The summed E-state index contributed by atoms with van der Waals surface area (Å²) >= 11 is 0. The summed E-state index contributed by atoms with van der Waals surface area (Å²) in [4.78, 5) is 4.48. The van der Waals surface area contributed by atoms with Crippen LogP contribution in [-0.2, 0) is 13.6 Å². The van der Waals surface area contributed by atoms with Crippen LogP contribution in [0.2, 0.25) is 0 Å². The maximum absolute atomic E-state index is 5.78. The molecule has 0 saturated heterocycles. The molecular weight excluding hydrogens is 242 g/mol. The molecule has 0 atom stereocenters. The van der Waals surface area contributed by atoms with Crippen LogP contribution in [0.15, 0.2) is 18.2 Å². The molecule has 0 saturated carbocycles. The van der Waals surface area contributed by atoms with E-state index >= 15 is 0 Å². The lowest BCUT2D eigenvalue weighted by molar-refractivity contribution is 0.171. The number of fused-ring (bicyclic) bond motifs is 1. The normalized spacial score (nSPS) is 13.6. The number of nitrogens with zero attached hydrogens (tertiary/aromatic N) is 2. The van der Waals surface area contributed by atoms with Gasteiger partial charge in [0, 0.05) is 19.2 Å². The van der Waals surface area contributed by atoms with Crippen LogP contribution in [0.3, 0.4) is 0 Å². The minimum absolute atomic E-state index is 0.422. The third kappa shape index (κ3) is 1.96. The second-order valence-corrected chi connectivity index (χ2v) is 4.58. The molecule has 1 aromatic carbocycles. The number of aromatic nitrogens is 2. The van der Waals surface area contributed by atoms with Crippen molar-refractivity contribution in [2.75, 3.05) is 13.2 Å². The van der Waals surface area contributed by atoms with E-state index in [-0.39, 0.29) is 0 Å². The van der Waals surface area contributed by atoms with E-state index in [4.69, 9.17) is 15.2 Å². The summed E-state index contributed by atoms with van der Waals surface area (Å²) in [5.74, 6) is 2.53. The highest BCUT2D eigenvalue weighted by Crippen LogP contribution is 2.35. The number of imidazole rings is 1. The molecule has 2 aromatic rings. The average molecular weight is 259 g/mol. The molecule has 100 valence electrons. The molecule has 3 rings (SSSR count). The average Bonchev–Trinajstić information content (AvgIpc) is 2.74. The SMILES string of the molecule is Cc1nc(CN)c(-c2ccc3c(c2)OCCO3)n1C. The molecule has 1 aliphatic rings. The lowest BCUT2D eigenvalue weighted by atomic mass is 10.1. The predicted molar refractivity (Wildman–Crippen MR) is 72.3 cm³/mol. The Balaban J connectivity index is 2.12. The van der Waals surface area contributed by atoms with Crippen LogP contribution in [0.25, 0.3) is 11.3 Å². The van der Waals surface area contributed by atoms with E-state index in [1.807, 2.05) is 36.7 Å². The Morgan fingerprint density at radius 2 is 2.00 bits per heavy atom. The van der Waals surface area contributed by atoms with Gasteiger partial charge < -0.3 is 19.8 Å². The lowest BCUT2D eigenvalue weighted by Crippen LogP contribution is -2.15. The Hall–Kier alpha value is -2.01. The summed E-state index contributed by atoms with van der Waals surface area (Å²) in [6.45, 7) is 3.59. The van der Waals surface area contributed by atoms with Crippen LogP contribution in [0.5, 0.6) is 11.5 Å². The topological polar surface area (TPSA) is 62.3 Å². The summed E-state index contributed by atoms with van der Waals surface area (Å²) in [7, 11) is 1.99. The monoisotopic (exact) mass is 259 g/mol. The van der Waals surface area contributed by atoms with Crippen molar-refractivity contribution in [1.29, 1.82) is 0 Å². The van der Waals surface area contributed by atoms with Crippen LogP contribution in [-0.4, -0.2) is 22.8 Å². The highest BCUT2D eigenvalue weighted by Gasteiger charge is 2.17. The fourth-order valence-corrected chi connectivity index (χ4v) is 2.37. The molecule has 19 heavy (non-hydrogen) atoms. The first-order valence-corrected chi connectivity index (χ1v) is 6.33. The molecule has 5 heteroatoms. The van der Waals surface area contributed by atoms with Crippen molar-refractivity contribution in [1.82, 2.24) is 9.55 Å². The number of aryl methyl sites for hydroxylation is 1. The van der Waals surface area contributed by atoms with Gasteiger partial charge in [-0.25, -0.2) is 4.98 Å². The molecule has 1 aliphatic heterocycles. The Kier molecular flexibility index (Phi) is 2.91. The number of nitrogens with two attached hydrogens (primary N) is 1. The van der Waals surface area contributed by atoms with Gasteiger partial charge in [-0.2, -0.15) is 0 Å². The lowest BCUT2D eigenvalue weighted by Gasteiger charge is -2.19. The van der Waals surface area contributed by atoms with Crippen LogP contribution in [0.4, 0.5) is 0 Å². The summed E-state index contributed by atoms with van der Waals surface area (Å²) in [5, 5.41) is 0. The fraction of sp³-hybridized carbons (Fsp3) is 0.357. The Labute approximate surface area is 112 Å². The maximum atomic E-state index is 5.78. The summed E-state index contributed by atoms with van der Waals surface area (Å²) in [6.07, 6.45) is 0. The summed E-state index contributed by atoms with van der Waals surface area (Å²) in [6, 6.07) is 5.94. The fourth-order valence-electron chi connectivity index (χ4n) is 2.37. The minimum atomic E-state index is 0.422. The number of ether oxygens (including phenoxy) is 2. The van der Waals surface area contributed by atoms with Crippen LogP contribution >= 0.6 is 0 Å². The van der Waals surface area contributed by atoms with Crippen LogP contribution in [0.1, 0.15) is 11.5 Å². The van der Waals surface area contributed by atoms with Gasteiger partial charge >= 0.3 is 0 Å². The zero-order valence-corrected chi connectivity index (χ0v) is 11.1. The molecule has 0 amide bonds. The van der Waals surface area contributed by atoms with Gasteiger partial charge in [0.05, 0.1) is 11.4 Å². The van der Waals surface area contributed by atoms with Gasteiger partial charge in [0.15, 0.2) is 11.5 Å². The smallest absolute Gasteiger partial charge is 0.162 e. The van der Waals surface area contributed by atoms with Gasteiger partial charge in [-0.15, -0.1) is 0 Å². The van der Waals surface area contributed by atoms with Gasteiger partial charge in [0.1, 0.15) is 19.0 Å². The van der Waals surface area contributed by atoms with Crippen LogP contribution in [0, 0.1) is 6.92 Å². The first-order chi connectivity index (χ1) is 9.20. The molecular formula is C14H17N3O2. The standard InChI is InChI=1S/C14H17N3O2/c1-9-16-11(8-15)14(17(9)2)10-3-4-12-13(7-10)19-6-5-18-12/h3-4,7H,5-6,8,15H2,1-2H3. The zero-order chi connectivity index (χ0) is 13.4. The molecule has 0 aliphatic carbocycles. The van der Waals surface area contributed by atoms with E-state index in [9.17, 15) is 0 Å². The maximum Gasteiger partial charge on any atom is 0.162 e. The second-order valence-electron chi connectivity index (χ2n) is 4.58. The highest BCUT2D eigenvalue weighted by atomic mass is 16.6. The van der Waals surface area contributed by atoms with Gasteiger partial charge in [-0.05, 0) is 25.1 Å². The van der Waals surface area contributed by atoms with E-state index in [1.165, 1.54) is 0 Å². The number of hydrogen-bond donors (Lipinski definition) is 1. The molecule has 0 spiro atoms. The van der Waals surface area contributed by atoms with Crippen molar-refractivity contribution in [3.63, 3.8) is 0 Å². The Morgan fingerprint density at radius 1 is 1.26 bits per heavy atom. The van der Waals surface area contributed by atoms with E-state index in [2.05, 4.69) is 4.98 Å². The van der Waals surface area contributed by atoms with Gasteiger partial charge in [-0.1, -0.05) is 0 Å². The summed E-state index contributed by atoms with van der Waals surface area (Å²) in [5.41, 5.74) is 8.76. The number of rotatable bonds is 2. The predicted octanol–water partition coefficient (Wildman–Crippen LogP) is 1.63. The van der Waals surface area contributed by atoms with Crippen molar-refractivity contribution in [2.45, 2.75) is 13.5 Å². The first kappa shape index (κ1) is 12.0. The Morgan fingerprint density at radius 3 is 2.74 bits per heavy atom. The van der Waals surface area contributed by atoms with Gasteiger partial charge in [-0.3, -0.25) is 0 Å². The van der Waals surface area contributed by atoms with Gasteiger partial charge in [0.25, 0.3) is 0 Å². The van der Waals surface area contributed by atoms with Gasteiger partial charge in [0.2, 0.25) is 0 Å². The molecule has 0 radical (unpaired) electrons. The Bertz CT molecular complexity index is 619. The summed E-state index contributed by atoms with van der Waals surface area (Å²) < 4.78 is 13.2. The third-order valence-corrected chi connectivity index (χ3v) is 3.40. The number of benzene rings is 1. The molecule has 2 heterocycles. The second kappa shape index (κ2) is 4.59. The molecule has 2 N–H and O–H groups in total. The van der Waals surface area contributed by atoms with E-state index < -0.39 is 0 Å². The van der Waals surface area contributed by atoms with Crippen molar-refractivity contribution in [3.8, 4) is 22.8 Å². The van der Waals surface area contributed by atoms with E-state index in [0.29, 0.717) is 19.8 Å². The molecule has 5 nitrogen and oxygen atoms in total. The molecule has 0 unspecified atom stereocenters. The largest absolute Gasteiger partial charge is 0.486 e. The zero-order valence-electron chi connectivity index (χ0n) is 11.1. The molecule has 1 aromatic heterocycles. The van der Waals surface area contributed by atoms with Crippen molar-refractivity contribution < 1.29 is 9.47 Å². The van der Waals surface area contributed by atoms with Crippen molar-refractivity contribution in [3.05, 3.63) is 29.7 Å². The van der Waals surface area contributed by atoms with Crippen LogP contribution < -0.4 is 15.2 Å². The minimum Gasteiger partial charge on any atom is -0.486 e. The quantitative estimate of drug-likeness (QED) is 0.890. The van der Waals surface area contributed by atoms with E-state index in [1.54, 1.807) is 0 Å². The third-order valence-electron chi connectivity index (χ3n) is 3.40. The van der Waals surface area contributed by atoms with Crippen molar-refractivity contribution in [2.24, 2.45) is 12.8 Å². The molecule has 0 bridgehead atoms. The molecule has 0 fully saturated rings. The number of hydrogen-bond acceptors (Lipinski definition) is 4. The highest BCUT2D eigenvalue weighted by molar-refractivity contribution is 5.67. The van der Waals surface area contributed by atoms with Crippen molar-refractivity contribution >= 4 is 0 Å². The first-order valence-electron chi connectivity index (χ1n) is 6.33. The van der Waals surface area contributed by atoms with E-state index in [0.717, 1.165) is 34.3 Å².